The number of para-hydroxylation sites is 2. The topological polar surface area (TPSA) is 48.5 Å². The Kier molecular flexibility index (Phi) is 4.49. The summed E-state index contributed by atoms with van der Waals surface area (Å²) in [6.07, 6.45) is 0. The Bertz CT molecular complexity index is 3540. The molecule has 0 N–H and O–H groups in total. The number of aromatic nitrogens is 5. The average molecular weight is 690 g/mol. The highest BCUT2D eigenvalue weighted by Gasteiger charge is 2.37. The van der Waals surface area contributed by atoms with Crippen LogP contribution in [0.5, 0.6) is 0 Å². The quantitative estimate of drug-likeness (QED) is 0.185. The van der Waals surface area contributed by atoms with Gasteiger partial charge in [0.1, 0.15) is 0 Å². The Morgan fingerprint density at radius 2 is 1.02 bits per heavy atom. The van der Waals surface area contributed by atoms with Crippen LogP contribution in [0.3, 0.4) is 0 Å². The van der Waals surface area contributed by atoms with Crippen molar-refractivity contribution >= 4 is 43.6 Å². The van der Waals surface area contributed by atoms with Gasteiger partial charge in [-0.2, -0.15) is 9.97 Å². The van der Waals surface area contributed by atoms with E-state index in [9.17, 15) is 0 Å². The number of hydrogen-bond donors (Lipinski definition) is 0. The van der Waals surface area contributed by atoms with Gasteiger partial charge in [0.15, 0.2) is 11.6 Å². The van der Waals surface area contributed by atoms with Crippen molar-refractivity contribution in [2.45, 2.75) is 19.3 Å². The molecule has 0 saturated carbocycles. The molecule has 0 fully saturated rings. The first-order chi connectivity index (χ1) is 30.2. The summed E-state index contributed by atoms with van der Waals surface area (Å²) < 4.78 is 90.5. The third kappa shape index (κ3) is 4.22. The summed E-state index contributed by atoms with van der Waals surface area (Å²) in [4.78, 5) is 14.4. The molecule has 3 aromatic heterocycles. The molecule has 5 heteroatoms. The number of rotatable bonds is 4. The fraction of sp³-hybridized carbons (Fsp3) is 0.0625. The Balaban J connectivity index is 1.34. The smallest absolute Gasteiger partial charge is 0.238 e. The lowest BCUT2D eigenvalue weighted by Gasteiger charge is -2.22. The molecule has 250 valence electrons. The number of fused-ring (bicyclic) bond motifs is 10. The normalized spacial score (nSPS) is 15.9. The third-order valence-electron chi connectivity index (χ3n) is 10.6. The van der Waals surface area contributed by atoms with Crippen molar-refractivity contribution in [3.63, 3.8) is 0 Å². The molecule has 5 nitrogen and oxygen atoms in total. The molecule has 7 aromatic carbocycles. The van der Waals surface area contributed by atoms with E-state index in [2.05, 4.69) is 90.1 Å². The predicted octanol–water partition coefficient (Wildman–Crippen LogP) is 11.7. The fourth-order valence-corrected chi connectivity index (χ4v) is 8.29. The van der Waals surface area contributed by atoms with E-state index in [1.54, 1.807) is 0 Å². The highest BCUT2D eigenvalue weighted by Crippen LogP contribution is 2.52. The molecule has 1 aliphatic rings. The van der Waals surface area contributed by atoms with Gasteiger partial charge in [-0.05, 0) is 34.9 Å². The zero-order valence-corrected chi connectivity index (χ0v) is 28.6. The third-order valence-corrected chi connectivity index (χ3v) is 10.6. The van der Waals surface area contributed by atoms with Crippen LogP contribution in [0.15, 0.2) is 164 Å². The van der Waals surface area contributed by atoms with E-state index in [-0.39, 0.29) is 34.1 Å². The monoisotopic (exact) mass is 689 g/mol. The lowest BCUT2D eigenvalue weighted by atomic mass is 9.82. The molecule has 3 heterocycles. The van der Waals surface area contributed by atoms with E-state index in [4.69, 9.17) is 23.7 Å². The second kappa shape index (κ2) is 11.1. The molecule has 0 spiro atoms. The van der Waals surface area contributed by atoms with E-state index in [0.29, 0.717) is 11.0 Å². The largest absolute Gasteiger partial charge is 0.307 e. The standard InChI is InChI=1S/C48H33N5/c1-48(2)37-23-12-9-22-36(37)42-38(48)24-15-27-41(42)52-39-25-13-10-20-32(39)34-28-29-35-33-21-11-14-26-40(33)53(44(35)43(34)52)47-50-45(30-16-5-3-6-17-30)49-46(51-47)31-18-7-4-8-19-31/h3-29H,1-2H3/i3D,4D,5D,6D,7D,8D,16D,17D,18D,19D. The first-order valence-electron chi connectivity index (χ1n) is 22.3. The van der Waals surface area contributed by atoms with Gasteiger partial charge >= 0.3 is 0 Å². The fourth-order valence-electron chi connectivity index (χ4n) is 8.29. The maximum atomic E-state index is 8.93. The Morgan fingerprint density at radius 3 is 1.66 bits per heavy atom. The SMILES string of the molecule is [2H]c1c([2H])c([2H])c(-c2nc(-c3c([2H])c([2H])c([2H])c([2H])c3[2H])nc(-n3c4ccccc4c4ccc5c6ccccc6n(-c6cccc7c6-c6ccccc6C7(C)C)c5c43)n2)c([2H])c1[2H]. The van der Waals surface area contributed by atoms with Crippen LogP contribution >= 0.6 is 0 Å². The number of benzene rings is 7. The summed E-state index contributed by atoms with van der Waals surface area (Å²) in [5, 5.41) is 3.59. The first kappa shape index (κ1) is 21.5. The van der Waals surface area contributed by atoms with Crippen LogP contribution in [-0.2, 0) is 5.41 Å². The van der Waals surface area contributed by atoms with Gasteiger partial charge in [-0.15, -0.1) is 0 Å². The number of nitrogens with zero attached hydrogens (tertiary/aromatic N) is 5. The highest BCUT2D eigenvalue weighted by atomic mass is 15.2. The molecule has 11 rings (SSSR count). The Hall–Kier alpha value is -6.85. The number of hydrogen-bond acceptors (Lipinski definition) is 3. The van der Waals surface area contributed by atoms with Crippen molar-refractivity contribution in [1.29, 1.82) is 0 Å². The van der Waals surface area contributed by atoms with Crippen LogP contribution in [-0.4, -0.2) is 24.1 Å². The Labute approximate surface area is 320 Å². The zero-order valence-electron chi connectivity index (χ0n) is 38.6. The van der Waals surface area contributed by atoms with Gasteiger partial charge in [0.2, 0.25) is 5.95 Å². The minimum Gasteiger partial charge on any atom is -0.307 e. The van der Waals surface area contributed by atoms with Crippen molar-refractivity contribution in [3.05, 3.63) is 175 Å². The first-order valence-corrected chi connectivity index (χ1v) is 17.3. The van der Waals surface area contributed by atoms with Crippen LogP contribution < -0.4 is 0 Å². The maximum absolute atomic E-state index is 8.93. The second-order valence-corrected chi connectivity index (χ2v) is 13.7. The van der Waals surface area contributed by atoms with Crippen LogP contribution in [0.4, 0.5) is 0 Å². The van der Waals surface area contributed by atoms with Gasteiger partial charge in [-0.1, -0.05) is 159 Å². The molecule has 0 atom stereocenters. The van der Waals surface area contributed by atoms with Crippen molar-refractivity contribution in [3.8, 4) is 45.5 Å². The summed E-state index contributed by atoms with van der Waals surface area (Å²) in [6, 6.07) is 29.0. The minimum atomic E-state index is -0.611. The van der Waals surface area contributed by atoms with Crippen LogP contribution in [0, 0.1) is 0 Å². The van der Waals surface area contributed by atoms with Crippen LogP contribution in [0.2, 0.25) is 0 Å². The van der Waals surface area contributed by atoms with Crippen molar-refractivity contribution in [2.24, 2.45) is 0 Å². The molecule has 0 radical (unpaired) electrons. The van der Waals surface area contributed by atoms with Gasteiger partial charge < -0.3 is 4.57 Å². The zero-order chi connectivity index (χ0) is 44.0. The summed E-state index contributed by atoms with van der Waals surface area (Å²) in [5.74, 6) is -0.733. The maximum Gasteiger partial charge on any atom is 0.238 e. The summed E-state index contributed by atoms with van der Waals surface area (Å²) >= 11 is 0. The predicted molar refractivity (Wildman–Crippen MR) is 217 cm³/mol. The highest BCUT2D eigenvalue weighted by molar-refractivity contribution is 6.24. The van der Waals surface area contributed by atoms with Gasteiger partial charge in [0.05, 0.1) is 41.5 Å². The average Bonchev–Trinajstić information content (AvgIpc) is 3.89. The van der Waals surface area contributed by atoms with E-state index >= 15 is 0 Å². The van der Waals surface area contributed by atoms with E-state index in [1.165, 1.54) is 11.1 Å². The molecule has 0 bridgehead atoms. The molecular weight excluding hydrogens is 647 g/mol. The molecule has 1 aliphatic carbocycles. The molecule has 10 aromatic rings. The molecular formula is C48H33N5. The van der Waals surface area contributed by atoms with Crippen LogP contribution in [0.1, 0.15) is 38.7 Å². The lowest BCUT2D eigenvalue weighted by molar-refractivity contribution is 0.660. The summed E-state index contributed by atoms with van der Waals surface area (Å²) in [7, 11) is 0. The van der Waals surface area contributed by atoms with E-state index < -0.39 is 60.4 Å². The van der Waals surface area contributed by atoms with E-state index in [1.807, 2.05) is 41.0 Å². The molecule has 53 heavy (non-hydrogen) atoms. The van der Waals surface area contributed by atoms with Crippen molar-refractivity contribution in [1.82, 2.24) is 24.1 Å². The molecule has 0 aliphatic heterocycles. The minimum absolute atomic E-state index is 0.0612. The van der Waals surface area contributed by atoms with Crippen molar-refractivity contribution in [2.75, 3.05) is 0 Å². The van der Waals surface area contributed by atoms with Crippen molar-refractivity contribution < 1.29 is 13.7 Å². The molecule has 0 unspecified atom stereocenters. The summed E-state index contributed by atoms with van der Waals surface area (Å²) in [5.41, 5.74) is 7.75. The van der Waals surface area contributed by atoms with E-state index in [0.717, 1.165) is 49.4 Å². The molecule has 0 saturated heterocycles. The van der Waals surface area contributed by atoms with Gasteiger partial charge in [0, 0.05) is 43.7 Å². The van der Waals surface area contributed by atoms with Gasteiger partial charge in [-0.3, -0.25) is 4.57 Å². The van der Waals surface area contributed by atoms with Gasteiger partial charge in [-0.25, -0.2) is 4.98 Å². The van der Waals surface area contributed by atoms with Crippen LogP contribution in [0.25, 0.3) is 89.2 Å². The summed E-state index contributed by atoms with van der Waals surface area (Å²) in [6.45, 7) is 4.48. The molecule has 0 amide bonds. The lowest BCUT2D eigenvalue weighted by Crippen LogP contribution is -2.15. The second-order valence-electron chi connectivity index (χ2n) is 13.7. The Morgan fingerprint density at radius 1 is 0.491 bits per heavy atom. The van der Waals surface area contributed by atoms with Gasteiger partial charge in [0.25, 0.3) is 0 Å².